The molecule has 2 aromatic rings. The van der Waals surface area contributed by atoms with Gasteiger partial charge < -0.3 is 20.3 Å². The molecule has 0 aromatic heterocycles. The Morgan fingerprint density at radius 2 is 1.88 bits per heavy atom. The lowest BCUT2D eigenvalue weighted by atomic mass is 10.1. The highest BCUT2D eigenvalue weighted by atomic mass is 35.5. The first-order valence-corrected chi connectivity index (χ1v) is 8.94. The van der Waals surface area contributed by atoms with Crippen molar-refractivity contribution in [3.63, 3.8) is 0 Å². The third-order valence-corrected chi connectivity index (χ3v) is 4.77. The highest BCUT2D eigenvalue weighted by molar-refractivity contribution is 7.80. The van der Waals surface area contributed by atoms with Crippen LogP contribution in [0.4, 0.5) is 5.69 Å². The standard InChI is InChI=1S/C19H24ClN3OS/c1-13-5-8-15(11-17(13)20)22-19(25)21-12-18(23(2)3)14-6-9-16(24-4)10-7-14/h5-11,18H,12H2,1-4H3,(H2,21,22,25)/p+1/t18-/m1/s1. The van der Waals surface area contributed by atoms with E-state index in [2.05, 4.69) is 36.9 Å². The molecular weight excluding hydrogens is 354 g/mol. The van der Waals surface area contributed by atoms with Crippen molar-refractivity contribution in [2.24, 2.45) is 0 Å². The van der Waals surface area contributed by atoms with Crippen molar-refractivity contribution < 1.29 is 9.64 Å². The smallest absolute Gasteiger partial charge is 0.171 e. The molecule has 2 rings (SSSR count). The zero-order chi connectivity index (χ0) is 18.4. The Hall–Kier alpha value is -1.82. The Balaban J connectivity index is 1.97. The molecular formula is C19H25ClN3OS+. The number of nitrogens with one attached hydrogen (secondary N) is 3. The molecule has 0 aliphatic heterocycles. The van der Waals surface area contributed by atoms with Gasteiger partial charge in [-0.2, -0.15) is 0 Å². The first-order chi connectivity index (χ1) is 11.9. The lowest BCUT2D eigenvalue weighted by Gasteiger charge is -2.23. The predicted octanol–water partition coefficient (Wildman–Crippen LogP) is 2.83. The molecule has 0 heterocycles. The van der Waals surface area contributed by atoms with Gasteiger partial charge in [-0.15, -0.1) is 0 Å². The first-order valence-electron chi connectivity index (χ1n) is 8.15. The van der Waals surface area contributed by atoms with Crippen LogP contribution in [0.15, 0.2) is 42.5 Å². The molecule has 3 N–H and O–H groups in total. The van der Waals surface area contributed by atoms with Crippen LogP contribution < -0.4 is 20.3 Å². The van der Waals surface area contributed by atoms with Crippen molar-refractivity contribution in [3.05, 3.63) is 58.6 Å². The molecule has 0 unspecified atom stereocenters. The molecule has 6 heteroatoms. The molecule has 0 amide bonds. The Bertz CT molecular complexity index is 719. The van der Waals surface area contributed by atoms with E-state index in [1.165, 1.54) is 10.5 Å². The molecule has 134 valence electrons. The summed E-state index contributed by atoms with van der Waals surface area (Å²) in [5.74, 6) is 0.859. The highest BCUT2D eigenvalue weighted by Crippen LogP contribution is 2.20. The fourth-order valence-electron chi connectivity index (χ4n) is 2.53. The number of rotatable bonds is 6. The maximum atomic E-state index is 6.15. The molecule has 0 saturated heterocycles. The molecule has 0 spiro atoms. The van der Waals surface area contributed by atoms with Crippen molar-refractivity contribution in [3.8, 4) is 5.75 Å². The van der Waals surface area contributed by atoms with Gasteiger partial charge in [-0.05, 0) is 61.1 Å². The van der Waals surface area contributed by atoms with Crippen LogP contribution in [0.1, 0.15) is 17.2 Å². The Morgan fingerprint density at radius 3 is 2.44 bits per heavy atom. The van der Waals surface area contributed by atoms with E-state index in [1.54, 1.807) is 7.11 Å². The van der Waals surface area contributed by atoms with Crippen LogP contribution in [-0.4, -0.2) is 32.9 Å². The minimum atomic E-state index is 0.271. The molecule has 2 aromatic carbocycles. The Morgan fingerprint density at radius 1 is 1.20 bits per heavy atom. The third kappa shape index (κ3) is 5.59. The van der Waals surface area contributed by atoms with Crippen LogP contribution in [0.3, 0.4) is 0 Å². The number of quaternary nitrogens is 1. The topological polar surface area (TPSA) is 37.7 Å². The molecule has 25 heavy (non-hydrogen) atoms. The minimum absolute atomic E-state index is 0.271. The minimum Gasteiger partial charge on any atom is -0.497 e. The van der Waals surface area contributed by atoms with E-state index in [-0.39, 0.29) is 6.04 Å². The molecule has 1 atom stereocenters. The highest BCUT2D eigenvalue weighted by Gasteiger charge is 2.18. The molecule has 0 bridgehead atoms. The van der Waals surface area contributed by atoms with Gasteiger partial charge in [0.25, 0.3) is 0 Å². The zero-order valence-electron chi connectivity index (χ0n) is 15.0. The average Bonchev–Trinajstić information content (AvgIpc) is 2.58. The van der Waals surface area contributed by atoms with E-state index in [0.717, 1.165) is 28.6 Å². The zero-order valence-corrected chi connectivity index (χ0v) is 16.6. The van der Waals surface area contributed by atoms with E-state index in [0.29, 0.717) is 5.11 Å². The second-order valence-corrected chi connectivity index (χ2v) is 7.02. The number of hydrogen-bond donors (Lipinski definition) is 3. The molecule has 0 aliphatic rings. The van der Waals surface area contributed by atoms with Gasteiger partial charge in [0.1, 0.15) is 11.8 Å². The largest absolute Gasteiger partial charge is 0.497 e. The number of benzene rings is 2. The second-order valence-electron chi connectivity index (χ2n) is 6.20. The van der Waals surface area contributed by atoms with Gasteiger partial charge in [0.15, 0.2) is 5.11 Å². The van der Waals surface area contributed by atoms with Gasteiger partial charge in [0.05, 0.1) is 27.7 Å². The summed E-state index contributed by atoms with van der Waals surface area (Å²) >= 11 is 11.6. The second kappa shape index (κ2) is 9.04. The summed E-state index contributed by atoms with van der Waals surface area (Å²) in [7, 11) is 5.94. The number of methoxy groups -OCH3 is 1. The summed E-state index contributed by atoms with van der Waals surface area (Å²) in [6.45, 7) is 2.70. The van der Waals surface area contributed by atoms with Gasteiger partial charge in [0, 0.05) is 16.3 Å². The van der Waals surface area contributed by atoms with Crippen LogP contribution in [0.25, 0.3) is 0 Å². The lowest BCUT2D eigenvalue weighted by molar-refractivity contribution is -0.890. The van der Waals surface area contributed by atoms with Crippen LogP contribution in [0.2, 0.25) is 5.02 Å². The van der Waals surface area contributed by atoms with Gasteiger partial charge in [0.2, 0.25) is 0 Å². The van der Waals surface area contributed by atoms with Crippen molar-refractivity contribution in [2.45, 2.75) is 13.0 Å². The van der Waals surface area contributed by atoms with Crippen molar-refractivity contribution in [2.75, 3.05) is 33.1 Å². The maximum absolute atomic E-state index is 6.15. The fraction of sp³-hybridized carbons (Fsp3) is 0.316. The summed E-state index contributed by atoms with van der Waals surface area (Å²) < 4.78 is 5.23. The number of hydrogen-bond acceptors (Lipinski definition) is 2. The third-order valence-electron chi connectivity index (χ3n) is 4.11. The summed E-state index contributed by atoms with van der Waals surface area (Å²) in [6.07, 6.45) is 0. The van der Waals surface area contributed by atoms with Crippen LogP contribution >= 0.6 is 23.8 Å². The number of aryl methyl sites for hydroxylation is 1. The number of halogens is 1. The van der Waals surface area contributed by atoms with Gasteiger partial charge >= 0.3 is 0 Å². The predicted molar refractivity (Wildman–Crippen MR) is 109 cm³/mol. The Labute approximate surface area is 160 Å². The molecule has 0 saturated carbocycles. The normalized spacial score (nSPS) is 11.9. The summed E-state index contributed by atoms with van der Waals surface area (Å²) in [6, 6.07) is 14.2. The van der Waals surface area contributed by atoms with E-state index in [1.807, 2.05) is 37.3 Å². The Kier molecular flexibility index (Phi) is 7.05. The monoisotopic (exact) mass is 378 g/mol. The maximum Gasteiger partial charge on any atom is 0.171 e. The molecule has 0 fully saturated rings. The van der Waals surface area contributed by atoms with Gasteiger partial charge in [-0.3, -0.25) is 0 Å². The summed E-state index contributed by atoms with van der Waals surface area (Å²) in [5, 5.41) is 7.79. The van der Waals surface area contributed by atoms with E-state index in [9.17, 15) is 0 Å². The van der Waals surface area contributed by atoms with Crippen LogP contribution in [0, 0.1) is 6.92 Å². The molecule has 0 aliphatic carbocycles. The summed E-state index contributed by atoms with van der Waals surface area (Å²) in [5.41, 5.74) is 3.16. The average molecular weight is 379 g/mol. The number of anilines is 1. The lowest BCUT2D eigenvalue weighted by Crippen LogP contribution is -3.07. The molecule has 0 radical (unpaired) electrons. The fourth-order valence-corrected chi connectivity index (χ4v) is 2.91. The van der Waals surface area contributed by atoms with Gasteiger partial charge in [-0.1, -0.05) is 17.7 Å². The van der Waals surface area contributed by atoms with Crippen LogP contribution in [-0.2, 0) is 0 Å². The van der Waals surface area contributed by atoms with Crippen molar-refractivity contribution >= 4 is 34.6 Å². The number of thiocarbonyl (C=S) groups is 1. The quantitative estimate of drug-likeness (QED) is 0.676. The van der Waals surface area contributed by atoms with Crippen molar-refractivity contribution in [1.82, 2.24) is 5.32 Å². The van der Waals surface area contributed by atoms with Crippen LogP contribution in [0.5, 0.6) is 5.75 Å². The molecule has 4 nitrogen and oxygen atoms in total. The summed E-state index contributed by atoms with van der Waals surface area (Å²) in [4.78, 5) is 1.32. The van der Waals surface area contributed by atoms with E-state index in [4.69, 9.17) is 28.6 Å². The van der Waals surface area contributed by atoms with Crippen molar-refractivity contribution in [1.29, 1.82) is 0 Å². The SMILES string of the molecule is COc1ccc([C@@H](CNC(=S)Nc2ccc(C)c(Cl)c2)[NH+](C)C)cc1. The number of likely N-dealkylation sites (N-methyl/N-ethyl adjacent to an activating group) is 1. The van der Waals surface area contributed by atoms with Gasteiger partial charge in [-0.25, -0.2) is 0 Å². The van der Waals surface area contributed by atoms with E-state index >= 15 is 0 Å². The number of ether oxygens (including phenoxy) is 1. The van der Waals surface area contributed by atoms with E-state index < -0.39 is 0 Å². The first kappa shape index (κ1) is 19.5.